The van der Waals surface area contributed by atoms with Gasteiger partial charge in [0, 0.05) is 12.1 Å². The molecule has 0 atom stereocenters. The number of nitrogens with one attached hydrogen (secondary N) is 1. The molecule has 0 aliphatic carbocycles. The smallest absolute Gasteiger partial charge is 0.251 e. The van der Waals surface area contributed by atoms with Crippen molar-refractivity contribution >= 4 is 5.91 Å². The van der Waals surface area contributed by atoms with E-state index in [1.807, 2.05) is 14.1 Å². The van der Waals surface area contributed by atoms with Crippen LogP contribution in [-0.2, 0) is 0 Å². The quantitative estimate of drug-likeness (QED) is 0.613. The van der Waals surface area contributed by atoms with Gasteiger partial charge in [-0.3, -0.25) is 4.79 Å². The average molecular weight is 292 g/mol. The largest absolute Gasteiger partial charge is 0.384 e. The number of hydrogen-bond acceptors (Lipinski definition) is 3. The van der Waals surface area contributed by atoms with Crippen LogP contribution in [-0.4, -0.2) is 49.7 Å². The van der Waals surface area contributed by atoms with E-state index >= 15 is 0 Å². The third-order valence-corrected chi connectivity index (χ3v) is 2.85. The number of aliphatic hydroxyl groups is 1. The van der Waals surface area contributed by atoms with Gasteiger partial charge in [-0.25, -0.2) is 4.39 Å². The van der Waals surface area contributed by atoms with Crippen molar-refractivity contribution in [3.05, 3.63) is 35.1 Å². The summed E-state index contributed by atoms with van der Waals surface area (Å²) in [6.45, 7) is 1.22. The first-order chi connectivity index (χ1) is 10.0. The fourth-order valence-electron chi connectivity index (χ4n) is 1.75. The number of rotatable bonds is 6. The molecule has 4 nitrogen and oxygen atoms in total. The summed E-state index contributed by atoms with van der Waals surface area (Å²) in [6.07, 6.45) is 1.88. The summed E-state index contributed by atoms with van der Waals surface area (Å²) in [5, 5.41) is 11.3. The lowest BCUT2D eigenvalue weighted by atomic mass is 10.1. The van der Waals surface area contributed by atoms with Crippen LogP contribution in [0.5, 0.6) is 0 Å². The molecular weight excluding hydrogens is 271 g/mol. The highest BCUT2D eigenvalue weighted by atomic mass is 19.1. The Bertz CT molecular complexity index is 533. The average Bonchev–Trinajstić information content (AvgIpc) is 2.45. The molecule has 0 aliphatic heterocycles. The predicted octanol–water partition coefficient (Wildman–Crippen LogP) is 1.24. The van der Waals surface area contributed by atoms with Gasteiger partial charge in [0.15, 0.2) is 0 Å². The maximum atomic E-state index is 13.7. The second-order valence-electron chi connectivity index (χ2n) is 4.92. The molecule has 2 N–H and O–H groups in total. The monoisotopic (exact) mass is 292 g/mol. The number of carbonyl (C=O) groups is 1. The molecular formula is C16H21FN2O2. The minimum absolute atomic E-state index is 0.173. The Morgan fingerprint density at radius 3 is 2.76 bits per heavy atom. The first-order valence-corrected chi connectivity index (χ1v) is 6.87. The van der Waals surface area contributed by atoms with Crippen molar-refractivity contribution < 1.29 is 14.3 Å². The van der Waals surface area contributed by atoms with Gasteiger partial charge in [-0.05, 0) is 51.7 Å². The SMILES string of the molecule is CN(C)CCCCNC(=O)c1ccc(C#CCO)c(F)c1. The molecule has 0 aliphatic rings. The van der Waals surface area contributed by atoms with Gasteiger partial charge in [-0.2, -0.15) is 0 Å². The van der Waals surface area contributed by atoms with Crippen LogP contribution in [0.25, 0.3) is 0 Å². The van der Waals surface area contributed by atoms with E-state index in [1.165, 1.54) is 12.1 Å². The number of aliphatic hydroxyl groups excluding tert-OH is 1. The van der Waals surface area contributed by atoms with E-state index in [2.05, 4.69) is 22.1 Å². The lowest BCUT2D eigenvalue weighted by Gasteiger charge is -2.09. The standard InChI is InChI=1S/C16H21FN2O2/c1-19(2)10-4-3-9-18-16(21)14-8-7-13(6-5-11-20)15(17)12-14/h7-8,12,20H,3-4,9-11H2,1-2H3,(H,18,21). The van der Waals surface area contributed by atoms with Crippen molar-refractivity contribution in [2.45, 2.75) is 12.8 Å². The van der Waals surface area contributed by atoms with Gasteiger partial charge in [-0.15, -0.1) is 0 Å². The Balaban J connectivity index is 2.49. The summed E-state index contributed by atoms with van der Waals surface area (Å²) >= 11 is 0. The maximum Gasteiger partial charge on any atom is 0.251 e. The molecule has 0 unspecified atom stereocenters. The summed E-state index contributed by atoms with van der Waals surface area (Å²) in [5.41, 5.74) is 0.446. The third kappa shape index (κ3) is 6.39. The number of halogens is 1. The van der Waals surface area contributed by atoms with Gasteiger partial charge < -0.3 is 15.3 Å². The van der Waals surface area contributed by atoms with Gasteiger partial charge in [0.2, 0.25) is 0 Å². The number of amides is 1. The normalized spacial score (nSPS) is 10.1. The Labute approximate surface area is 125 Å². The van der Waals surface area contributed by atoms with Gasteiger partial charge in [0.25, 0.3) is 5.91 Å². The van der Waals surface area contributed by atoms with E-state index in [9.17, 15) is 9.18 Å². The predicted molar refractivity (Wildman–Crippen MR) is 80.5 cm³/mol. The number of nitrogens with zero attached hydrogens (tertiary/aromatic N) is 1. The van der Waals surface area contributed by atoms with Crippen LogP contribution in [0.15, 0.2) is 18.2 Å². The molecule has 0 saturated carbocycles. The zero-order chi connectivity index (χ0) is 15.7. The highest BCUT2D eigenvalue weighted by Crippen LogP contribution is 2.09. The van der Waals surface area contributed by atoms with Crippen LogP contribution in [0.2, 0.25) is 0 Å². The first kappa shape index (κ1) is 17.2. The molecule has 1 aromatic rings. The number of carbonyl (C=O) groups excluding carboxylic acids is 1. The molecule has 0 radical (unpaired) electrons. The van der Waals surface area contributed by atoms with E-state index in [1.54, 1.807) is 0 Å². The summed E-state index contributed by atoms with van der Waals surface area (Å²) < 4.78 is 13.7. The molecule has 5 heteroatoms. The van der Waals surface area contributed by atoms with E-state index in [-0.39, 0.29) is 23.6 Å². The number of unbranched alkanes of at least 4 members (excludes halogenated alkanes) is 1. The molecule has 1 aromatic carbocycles. The van der Waals surface area contributed by atoms with Crippen molar-refractivity contribution in [2.24, 2.45) is 0 Å². The molecule has 1 amide bonds. The number of benzene rings is 1. The highest BCUT2D eigenvalue weighted by molar-refractivity contribution is 5.94. The summed E-state index contributed by atoms with van der Waals surface area (Å²) in [5.74, 6) is 4.01. The molecule has 0 heterocycles. The van der Waals surface area contributed by atoms with Crippen molar-refractivity contribution in [1.29, 1.82) is 0 Å². The van der Waals surface area contributed by atoms with Crippen LogP contribution in [0.4, 0.5) is 4.39 Å². The Hall–Kier alpha value is -1.90. The molecule has 0 bridgehead atoms. The Morgan fingerprint density at radius 2 is 2.14 bits per heavy atom. The second-order valence-corrected chi connectivity index (χ2v) is 4.92. The fraction of sp³-hybridized carbons (Fsp3) is 0.438. The summed E-state index contributed by atoms with van der Waals surface area (Å²) in [7, 11) is 4.01. The second kappa shape index (κ2) is 9.11. The lowest BCUT2D eigenvalue weighted by Crippen LogP contribution is -2.25. The zero-order valence-corrected chi connectivity index (χ0v) is 12.4. The van der Waals surface area contributed by atoms with Crippen molar-refractivity contribution in [2.75, 3.05) is 33.8 Å². The van der Waals surface area contributed by atoms with Gasteiger partial charge in [0.05, 0.1) is 5.56 Å². The summed E-state index contributed by atoms with van der Waals surface area (Å²) in [4.78, 5) is 13.9. The van der Waals surface area contributed by atoms with Gasteiger partial charge in [-0.1, -0.05) is 11.8 Å². The number of hydrogen-bond donors (Lipinski definition) is 2. The van der Waals surface area contributed by atoms with Crippen molar-refractivity contribution in [3.8, 4) is 11.8 Å². The van der Waals surface area contributed by atoms with Gasteiger partial charge in [0.1, 0.15) is 12.4 Å². The Morgan fingerprint density at radius 1 is 1.38 bits per heavy atom. The van der Waals surface area contributed by atoms with E-state index in [0.29, 0.717) is 6.54 Å². The molecule has 21 heavy (non-hydrogen) atoms. The molecule has 0 spiro atoms. The molecule has 114 valence electrons. The van der Waals surface area contributed by atoms with Crippen molar-refractivity contribution in [1.82, 2.24) is 10.2 Å². The highest BCUT2D eigenvalue weighted by Gasteiger charge is 2.08. The minimum atomic E-state index is -0.559. The van der Waals surface area contributed by atoms with Crippen LogP contribution >= 0.6 is 0 Å². The first-order valence-electron chi connectivity index (χ1n) is 6.87. The Kier molecular flexibility index (Phi) is 7.44. The lowest BCUT2D eigenvalue weighted by molar-refractivity contribution is 0.0952. The molecule has 0 aromatic heterocycles. The molecule has 1 rings (SSSR count). The van der Waals surface area contributed by atoms with Crippen molar-refractivity contribution in [3.63, 3.8) is 0 Å². The topological polar surface area (TPSA) is 52.6 Å². The zero-order valence-electron chi connectivity index (χ0n) is 12.4. The van der Waals surface area contributed by atoms with E-state index < -0.39 is 5.82 Å². The summed E-state index contributed by atoms with van der Waals surface area (Å²) in [6, 6.07) is 4.13. The third-order valence-electron chi connectivity index (χ3n) is 2.85. The van der Waals surface area contributed by atoms with Crippen LogP contribution in [0.3, 0.4) is 0 Å². The molecule has 0 fully saturated rings. The maximum absolute atomic E-state index is 13.7. The van der Waals surface area contributed by atoms with E-state index in [4.69, 9.17) is 5.11 Å². The molecule has 0 saturated heterocycles. The van der Waals surface area contributed by atoms with Crippen LogP contribution < -0.4 is 5.32 Å². The van der Waals surface area contributed by atoms with Crippen LogP contribution in [0.1, 0.15) is 28.8 Å². The van der Waals surface area contributed by atoms with E-state index in [0.717, 1.165) is 25.5 Å². The van der Waals surface area contributed by atoms with Crippen LogP contribution in [0, 0.1) is 17.7 Å². The fourth-order valence-corrected chi connectivity index (χ4v) is 1.75. The van der Waals surface area contributed by atoms with Gasteiger partial charge >= 0.3 is 0 Å². The minimum Gasteiger partial charge on any atom is -0.384 e.